The molecule has 0 aliphatic carbocycles. The van der Waals surface area contributed by atoms with Gasteiger partial charge < -0.3 is 10.2 Å². The van der Waals surface area contributed by atoms with Crippen LogP contribution in [-0.4, -0.2) is 70.8 Å². The summed E-state index contributed by atoms with van der Waals surface area (Å²) in [7, 11) is 0. The van der Waals surface area contributed by atoms with Gasteiger partial charge in [-0.2, -0.15) is 5.10 Å². The van der Waals surface area contributed by atoms with E-state index in [0.717, 1.165) is 56.6 Å². The Kier molecular flexibility index (Phi) is 4.01. The van der Waals surface area contributed by atoms with Crippen molar-refractivity contribution in [3.63, 3.8) is 0 Å². The summed E-state index contributed by atoms with van der Waals surface area (Å²) in [6, 6.07) is 8.55. The maximum absolute atomic E-state index is 12.6. The number of aromatic nitrogens is 2. The maximum Gasteiger partial charge on any atom is 0.244 e. The standard InChI is InChI=1S/C17H23N5O/c23-17(13-22-16-4-2-1-3-14(16)11-19-22)21-8-5-15(12-21)20-9-6-18-7-10-20/h1-4,11,15,18H,5-10,12-13H2. The fraction of sp³-hybridized carbons (Fsp3) is 0.529. The van der Waals surface area contributed by atoms with Gasteiger partial charge in [-0.3, -0.25) is 14.4 Å². The second-order valence-electron chi connectivity index (χ2n) is 6.43. The molecule has 1 amide bonds. The van der Waals surface area contributed by atoms with Crippen molar-refractivity contribution >= 4 is 16.8 Å². The average molecular weight is 313 g/mol. The molecule has 23 heavy (non-hydrogen) atoms. The number of para-hydroxylation sites is 1. The molecule has 6 nitrogen and oxygen atoms in total. The summed E-state index contributed by atoms with van der Waals surface area (Å²) in [5.41, 5.74) is 1.03. The van der Waals surface area contributed by atoms with E-state index in [1.807, 2.05) is 40.0 Å². The summed E-state index contributed by atoms with van der Waals surface area (Å²) < 4.78 is 1.82. The summed E-state index contributed by atoms with van der Waals surface area (Å²) in [6.07, 6.45) is 2.92. The monoisotopic (exact) mass is 313 g/mol. The number of likely N-dealkylation sites (tertiary alicyclic amines) is 1. The molecule has 1 aromatic heterocycles. The van der Waals surface area contributed by atoms with E-state index < -0.39 is 0 Å². The molecule has 2 aliphatic heterocycles. The fourth-order valence-electron chi connectivity index (χ4n) is 3.69. The van der Waals surface area contributed by atoms with Gasteiger partial charge in [0.25, 0.3) is 0 Å². The lowest BCUT2D eigenvalue weighted by Crippen LogP contribution is -2.49. The van der Waals surface area contributed by atoms with Crippen LogP contribution in [0.25, 0.3) is 10.9 Å². The van der Waals surface area contributed by atoms with Crippen LogP contribution < -0.4 is 5.32 Å². The highest BCUT2D eigenvalue weighted by Gasteiger charge is 2.31. The minimum Gasteiger partial charge on any atom is -0.339 e. The molecule has 0 radical (unpaired) electrons. The van der Waals surface area contributed by atoms with E-state index in [1.165, 1.54) is 0 Å². The largest absolute Gasteiger partial charge is 0.339 e. The number of carbonyl (C=O) groups is 1. The molecule has 0 saturated carbocycles. The van der Waals surface area contributed by atoms with Crippen molar-refractivity contribution in [2.45, 2.75) is 19.0 Å². The van der Waals surface area contributed by atoms with E-state index >= 15 is 0 Å². The molecule has 1 N–H and O–H groups in total. The third-order valence-electron chi connectivity index (χ3n) is 5.02. The smallest absolute Gasteiger partial charge is 0.244 e. The molecule has 1 unspecified atom stereocenters. The Labute approximate surface area is 136 Å². The first-order valence-electron chi connectivity index (χ1n) is 8.44. The third-order valence-corrected chi connectivity index (χ3v) is 5.02. The van der Waals surface area contributed by atoms with E-state index in [0.29, 0.717) is 12.6 Å². The molecule has 4 rings (SSSR count). The molecule has 2 aliphatic rings. The summed E-state index contributed by atoms with van der Waals surface area (Å²) in [6.45, 7) is 6.37. The lowest BCUT2D eigenvalue weighted by Gasteiger charge is -2.32. The van der Waals surface area contributed by atoms with Gasteiger partial charge in [-0.25, -0.2) is 0 Å². The zero-order valence-corrected chi connectivity index (χ0v) is 13.3. The first-order valence-corrected chi connectivity index (χ1v) is 8.44. The van der Waals surface area contributed by atoms with Crippen LogP contribution in [-0.2, 0) is 11.3 Å². The predicted molar refractivity (Wildman–Crippen MR) is 89.2 cm³/mol. The minimum atomic E-state index is 0.177. The second kappa shape index (κ2) is 6.29. The summed E-state index contributed by atoms with van der Waals surface area (Å²) in [5.74, 6) is 0.177. The van der Waals surface area contributed by atoms with E-state index in [9.17, 15) is 4.79 Å². The van der Waals surface area contributed by atoms with Crippen molar-refractivity contribution in [3.8, 4) is 0 Å². The Morgan fingerprint density at radius 2 is 2.04 bits per heavy atom. The van der Waals surface area contributed by atoms with Crippen LogP contribution in [0.4, 0.5) is 0 Å². The summed E-state index contributed by atoms with van der Waals surface area (Å²) in [4.78, 5) is 17.1. The molecule has 1 aromatic carbocycles. The van der Waals surface area contributed by atoms with Crippen LogP contribution in [0.5, 0.6) is 0 Å². The number of amides is 1. The number of hydrogen-bond acceptors (Lipinski definition) is 4. The van der Waals surface area contributed by atoms with E-state index in [1.54, 1.807) is 0 Å². The molecule has 6 heteroatoms. The van der Waals surface area contributed by atoms with Crippen LogP contribution in [0.15, 0.2) is 30.5 Å². The van der Waals surface area contributed by atoms with Gasteiger partial charge >= 0.3 is 0 Å². The first kappa shape index (κ1) is 14.7. The van der Waals surface area contributed by atoms with Crippen LogP contribution >= 0.6 is 0 Å². The van der Waals surface area contributed by atoms with Crippen LogP contribution in [0.3, 0.4) is 0 Å². The van der Waals surface area contributed by atoms with Gasteiger partial charge in [-0.15, -0.1) is 0 Å². The normalized spacial score (nSPS) is 22.8. The van der Waals surface area contributed by atoms with Gasteiger partial charge in [0.2, 0.25) is 5.91 Å². The van der Waals surface area contributed by atoms with Crippen molar-refractivity contribution in [2.75, 3.05) is 39.3 Å². The number of fused-ring (bicyclic) bond motifs is 1. The maximum atomic E-state index is 12.6. The van der Waals surface area contributed by atoms with Gasteiger partial charge in [0.1, 0.15) is 6.54 Å². The number of hydrogen-bond donors (Lipinski definition) is 1. The number of carbonyl (C=O) groups excluding carboxylic acids is 1. The van der Waals surface area contributed by atoms with Crippen molar-refractivity contribution in [3.05, 3.63) is 30.5 Å². The Balaban J connectivity index is 1.40. The van der Waals surface area contributed by atoms with Crippen molar-refractivity contribution in [1.82, 2.24) is 24.9 Å². The van der Waals surface area contributed by atoms with E-state index in [4.69, 9.17) is 0 Å². The molecule has 0 spiro atoms. The number of benzene rings is 1. The molecule has 0 bridgehead atoms. The van der Waals surface area contributed by atoms with E-state index in [2.05, 4.69) is 15.3 Å². The molecule has 122 valence electrons. The highest BCUT2D eigenvalue weighted by molar-refractivity contribution is 5.82. The SMILES string of the molecule is O=C(Cn1ncc2ccccc21)N1CCC(N2CCNCC2)C1. The van der Waals surface area contributed by atoms with Crippen molar-refractivity contribution in [1.29, 1.82) is 0 Å². The summed E-state index contributed by atoms with van der Waals surface area (Å²) >= 11 is 0. The van der Waals surface area contributed by atoms with Gasteiger partial charge in [-0.05, 0) is 12.5 Å². The number of rotatable bonds is 3. The Morgan fingerprint density at radius 3 is 2.91 bits per heavy atom. The molecular formula is C17H23N5O. The molecular weight excluding hydrogens is 290 g/mol. The predicted octanol–water partition coefficient (Wildman–Crippen LogP) is 0.542. The van der Waals surface area contributed by atoms with E-state index in [-0.39, 0.29) is 5.91 Å². The first-order chi connectivity index (χ1) is 11.3. The van der Waals surface area contributed by atoms with Crippen LogP contribution in [0.1, 0.15) is 6.42 Å². The number of nitrogens with one attached hydrogen (secondary N) is 1. The van der Waals surface area contributed by atoms with Gasteiger partial charge in [0.05, 0.1) is 11.7 Å². The Bertz CT molecular complexity index is 691. The topological polar surface area (TPSA) is 53.4 Å². The number of piperazine rings is 1. The van der Waals surface area contributed by atoms with Gasteiger partial charge in [0.15, 0.2) is 0 Å². The fourth-order valence-corrected chi connectivity index (χ4v) is 3.69. The lowest BCUT2D eigenvalue weighted by atomic mass is 10.2. The molecule has 2 saturated heterocycles. The minimum absolute atomic E-state index is 0.177. The molecule has 2 fully saturated rings. The van der Waals surface area contributed by atoms with Crippen LogP contribution in [0.2, 0.25) is 0 Å². The second-order valence-corrected chi connectivity index (χ2v) is 6.43. The quantitative estimate of drug-likeness (QED) is 0.899. The third kappa shape index (κ3) is 2.96. The highest BCUT2D eigenvalue weighted by Crippen LogP contribution is 2.18. The Hall–Kier alpha value is -1.92. The molecule has 2 aromatic rings. The van der Waals surface area contributed by atoms with Crippen molar-refractivity contribution in [2.24, 2.45) is 0 Å². The average Bonchev–Trinajstić information content (AvgIpc) is 3.24. The zero-order chi connectivity index (χ0) is 15.6. The molecule has 1 atom stereocenters. The molecule has 3 heterocycles. The van der Waals surface area contributed by atoms with Crippen LogP contribution in [0, 0.1) is 0 Å². The highest BCUT2D eigenvalue weighted by atomic mass is 16.2. The number of nitrogens with zero attached hydrogens (tertiary/aromatic N) is 4. The zero-order valence-electron chi connectivity index (χ0n) is 13.3. The van der Waals surface area contributed by atoms with Crippen molar-refractivity contribution < 1.29 is 4.79 Å². The summed E-state index contributed by atoms with van der Waals surface area (Å²) in [5, 5.41) is 8.83. The van der Waals surface area contributed by atoms with Gasteiger partial charge in [0, 0.05) is 50.7 Å². The lowest BCUT2D eigenvalue weighted by molar-refractivity contribution is -0.131. The van der Waals surface area contributed by atoms with Gasteiger partial charge in [-0.1, -0.05) is 18.2 Å². The Morgan fingerprint density at radius 1 is 1.22 bits per heavy atom.